The van der Waals surface area contributed by atoms with Gasteiger partial charge in [-0.15, -0.1) is 11.6 Å². The molecule has 0 unspecified atom stereocenters. The quantitative estimate of drug-likeness (QED) is 0.746. The van der Waals surface area contributed by atoms with Gasteiger partial charge in [0.2, 0.25) is 0 Å². The molecule has 20 heavy (non-hydrogen) atoms. The molecule has 1 nitrogen and oxygen atoms in total. The number of hydrogen-bond donors (Lipinski definition) is 0. The van der Waals surface area contributed by atoms with Crippen molar-refractivity contribution in [2.24, 2.45) is 0 Å². The lowest BCUT2D eigenvalue weighted by Crippen LogP contribution is -2.13. The van der Waals surface area contributed by atoms with Crippen molar-refractivity contribution in [3.8, 4) is 5.75 Å². The Kier molecular flexibility index (Phi) is 3.45. The monoisotopic (exact) mass is 292 g/mol. The lowest BCUT2D eigenvalue weighted by Gasteiger charge is -2.23. The zero-order valence-electron chi connectivity index (χ0n) is 10.5. The Morgan fingerprint density at radius 2 is 1.70 bits per heavy atom. The number of ether oxygens (including phenoxy) is 1. The van der Waals surface area contributed by atoms with Crippen molar-refractivity contribution in [2.45, 2.75) is 0 Å². The lowest BCUT2D eigenvalue weighted by atomic mass is 9.91. The first-order chi connectivity index (χ1) is 9.69. The second-order valence-corrected chi connectivity index (χ2v) is 4.82. The predicted molar refractivity (Wildman–Crippen MR) is 75.0 cm³/mol. The van der Waals surface area contributed by atoms with Gasteiger partial charge in [-0.3, -0.25) is 0 Å². The average molecular weight is 293 g/mol. The van der Waals surface area contributed by atoms with Crippen LogP contribution in [0.1, 0.15) is 11.1 Å². The number of alkyl halides is 1. The van der Waals surface area contributed by atoms with Crippen LogP contribution in [0.15, 0.2) is 48.0 Å². The highest BCUT2D eigenvalue weighted by molar-refractivity contribution is 6.20. The molecule has 0 bridgehead atoms. The molecule has 0 fully saturated rings. The van der Waals surface area contributed by atoms with E-state index in [2.05, 4.69) is 0 Å². The molecule has 0 radical (unpaired) electrons. The maximum atomic E-state index is 13.5. The Balaban J connectivity index is 2.21. The summed E-state index contributed by atoms with van der Waals surface area (Å²) in [6.45, 7) is 0.356. The fourth-order valence-corrected chi connectivity index (χ4v) is 2.54. The van der Waals surface area contributed by atoms with E-state index in [1.54, 1.807) is 18.2 Å². The van der Waals surface area contributed by atoms with Crippen LogP contribution in [-0.4, -0.2) is 12.5 Å². The number of hydrogen-bond acceptors (Lipinski definition) is 1. The van der Waals surface area contributed by atoms with Crippen LogP contribution in [0.5, 0.6) is 5.75 Å². The highest BCUT2D eigenvalue weighted by atomic mass is 35.5. The van der Waals surface area contributed by atoms with Crippen LogP contribution in [0.4, 0.5) is 8.78 Å². The Morgan fingerprint density at radius 1 is 1.00 bits per heavy atom. The summed E-state index contributed by atoms with van der Waals surface area (Å²) in [6.07, 6.45) is 0. The van der Waals surface area contributed by atoms with E-state index in [-0.39, 0.29) is 17.5 Å². The van der Waals surface area contributed by atoms with Gasteiger partial charge in [-0.25, -0.2) is 8.78 Å². The van der Waals surface area contributed by atoms with Crippen LogP contribution < -0.4 is 4.74 Å². The van der Waals surface area contributed by atoms with Crippen molar-refractivity contribution >= 4 is 17.2 Å². The van der Waals surface area contributed by atoms with Crippen molar-refractivity contribution in [3.63, 3.8) is 0 Å². The third-order valence-corrected chi connectivity index (χ3v) is 3.58. The summed E-state index contributed by atoms with van der Waals surface area (Å²) in [7, 11) is 0. The Morgan fingerprint density at radius 3 is 2.40 bits per heavy atom. The first-order valence-corrected chi connectivity index (χ1v) is 6.69. The summed E-state index contributed by atoms with van der Waals surface area (Å²) in [5.41, 5.74) is 3.13. The van der Waals surface area contributed by atoms with Gasteiger partial charge in [0.1, 0.15) is 24.0 Å². The lowest BCUT2D eigenvalue weighted by molar-refractivity contribution is 0.346. The molecular weight excluding hydrogens is 282 g/mol. The second-order valence-electron chi connectivity index (χ2n) is 4.55. The van der Waals surface area contributed by atoms with Crippen molar-refractivity contribution in [1.82, 2.24) is 0 Å². The van der Waals surface area contributed by atoms with Gasteiger partial charge in [0.25, 0.3) is 0 Å². The number of rotatable bonds is 2. The van der Waals surface area contributed by atoms with Crippen LogP contribution in [-0.2, 0) is 0 Å². The number of benzene rings is 2. The molecule has 0 saturated heterocycles. The minimum atomic E-state index is -0.345. The summed E-state index contributed by atoms with van der Waals surface area (Å²) < 4.78 is 32.1. The molecule has 1 heterocycles. The minimum Gasteiger partial charge on any atom is -0.489 e. The van der Waals surface area contributed by atoms with Gasteiger partial charge >= 0.3 is 0 Å². The predicted octanol–water partition coefficient (Wildman–Crippen LogP) is 4.40. The molecule has 0 saturated carbocycles. The van der Waals surface area contributed by atoms with Crippen molar-refractivity contribution in [3.05, 3.63) is 70.8 Å². The SMILES string of the molecule is Fc1ccc(C2=C(CCl)COc3ccc(F)cc32)cc1. The van der Waals surface area contributed by atoms with E-state index in [0.29, 0.717) is 17.9 Å². The van der Waals surface area contributed by atoms with Gasteiger partial charge in [0.05, 0.1) is 0 Å². The molecule has 0 N–H and O–H groups in total. The molecule has 0 spiro atoms. The van der Waals surface area contributed by atoms with Crippen LogP contribution in [0.25, 0.3) is 5.57 Å². The third-order valence-electron chi connectivity index (χ3n) is 3.26. The Bertz CT molecular complexity index is 677. The summed E-state index contributed by atoms with van der Waals surface area (Å²) in [5, 5.41) is 0. The highest BCUT2D eigenvalue weighted by Gasteiger charge is 2.21. The van der Waals surface area contributed by atoms with Gasteiger partial charge in [0.15, 0.2) is 0 Å². The first-order valence-electron chi connectivity index (χ1n) is 6.15. The molecule has 102 valence electrons. The molecule has 0 aromatic heterocycles. The largest absolute Gasteiger partial charge is 0.489 e. The van der Waals surface area contributed by atoms with E-state index >= 15 is 0 Å². The summed E-state index contributed by atoms with van der Waals surface area (Å²) >= 11 is 5.96. The highest BCUT2D eigenvalue weighted by Crippen LogP contribution is 2.38. The zero-order chi connectivity index (χ0) is 14.1. The molecule has 0 atom stereocenters. The molecule has 4 heteroatoms. The Hall–Kier alpha value is -1.87. The fraction of sp³-hybridized carbons (Fsp3) is 0.125. The van der Waals surface area contributed by atoms with Crippen molar-refractivity contribution < 1.29 is 13.5 Å². The van der Waals surface area contributed by atoms with Crippen LogP contribution in [0.3, 0.4) is 0 Å². The maximum Gasteiger partial charge on any atom is 0.127 e. The molecule has 1 aliphatic heterocycles. The Labute approximate surface area is 120 Å². The number of halogens is 3. The van der Waals surface area contributed by atoms with E-state index in [0.717, 1.165) is 16.7 Å². The molecule has 0 amide bonds. The second kappa shape index (κ2) is 5.25. The van der Waals surface area contributed by atoms with Gasteiger partial charge in [-0.1, -0.05) is 12.1 Å². The van der Waals surface area contributed by atoms with Gasteiger partial charge in [-0.2, -0.15) is 0 Å². The van der Waals surface area contributed by atoms with Gasteiger partial charge in [0, 0.05) is 11.4 Å². The fourth-order valence-electron chi connectivity index (χ4n) is 2.33. The van der Waals surface area contributed by atoms with Crippen LogP contribution in [0, 0.1) is 11.6 Å². The minimum absolute atomic E-state index is 0.280. The van der Waals surface area contributed by atoms with Crippen LogP contribution >= 0.6 is 11.6 Å². The average Bonchev–Trinajstić information content (AvgIpc) is 2.47. The first kappa shape index (κ1) is 13.1. The molecule has 2 aromatic rings. The standard InChI is InChI=1S/C16H11ClF2O/c17-8-11-9-20-15-6-5-13(19)7-14(15)16(11)10-1-3-12(18)4-2-10/h1-7H,8-9H2. The zero-order valence-corrected chi connectivity index (χ0v) is 11.3. The molecule has 2 aromatic carbocycles. The van der Waals surface area contributed by atoms with E-state index in [1.807, 2.05) is 0 Å². The number of fused-ring (bicyclic) bond motifs is 1. The smallest absolute Gasteiger partial charge is 0.127 e. The van der Waals surface area contributed by atoms with E-state index < -0.39 is 0 Å². The van der Waals surface area contributed by atoms with E-state index in [4.69, 9.17) is 16.3 Å². The molecular formula is C16H11ClF2O. The molecule has 0 aliphatic carbocycles. The maximum absolute atomic E-state index is 13.5. The molecule has 1 aliphatic rings. The summed E-state index contributed by atoms with van der Waals surface area (Å²) in [4.78, 5) is 0. The summed E-state index contributed by atoms with van der Waals surface area (Å²) in [6, 6.07) is 10.4. The summed E-state index contributed by atoms with van der Waals surface area (Å²) in [5.74, 6) is 0.235. The van der Waals surface area contributed by atoms with E-state index in [9.17, 15) is 8.78 Å². The normalized spacial score (nSPS) is 13.9. The van der Waals surface area contributed by atoms with Gasteiger partial charge in [-0.05, 0) is 47.0 Å². The van der Waals surface area contributed by atoms with E-state index in [1.165, 1.54) is 24.3 Å². The third kappa shape index (κ3) is 2.29. The topological polar surface area (TPSA) is 9.23 Å². The molecule has 3 rings (SSSR count). The van der Waals surface area contributed by atoms with Crippen LogP contribution in [0.2, 0.25) is 0 Å². The van der Waals surface area contributed by atoms with Crippen molar-refractivity contribution in [2.75, 3.05) is 12.5 Å². The van der Waals surface area contributed by atoms with Crippen molar-refractivity contribution in [1.29, 1.82) is 0 Å². The van der Waals surface area contributed by atoms with Gasteiger partial charge < -0.3 is 4.74 Å².